The molecule has 0 aliphatic heterocycles. The highest BCUT2D eigenvalue weighted by Gasteiger charge is 2.21. The van der Waals surface area contributed by atoms with Crippen LogP contribution < -0.4 is 5.73 Å². The summed E-state index contributed by atoms with van der Waals surface area (Å²) in [5.74, 6) is 1.17. The van der Waals surface area contributed by atoms with E-state index in [1.54, 1.807) is 0 Å². The van der Waals surface area contributed by atoms with E-state index in [0.29, 0.717) is 0 Å². The maximum absolute atomic E-state index is 5.73. The van der Waals surface area contributed by atoms with Crippen molar-refractivity contribution >= 4 is 11.8 Å². The Kier molecular flexibility index (Phi) is 6.05. The van der Waals surface area contributed by atoms with Crippen LogP contribution in [0.25, 0.3) is 0 Å². The van der Waals surface area contributed by atoms with Gasteiger partial charge in [0.15, 0.2) is 0 Å². The van der Waals surface area contributed by atoms with Gasteiger partial charge in [0.05, 0.1) is 0 Å². The lowest BCUT2D eigenvalue weighted by molar-refractivity contribution is 0.217. The van der Waals surface area contributed by atoms with E-state index in [1.165, 1.54) is 42.9 Å². The SMILES string of the molecule is NCCN(CCSc1ccccc1)C1CCCC1. The fraction of sp³-hybridized carbons (Fsp3) is 0.600. The lowest BCUT2D eigenvalue weighted by Crippen LogP contribution is -2.38. The molecule has 2 rings (SSSR count). The van der Waals surface area contributed by atoms with Gasteiger partial charge in [-0.1, -0.05) is 31.0 Å². The predicted molar refractivity (Wildman–Crippen MR) is 80.0 cm³/mol. The molecule has 1 aliphatic carbocycles. The van der Waals surface area contributed by atoms with Crippen LogP contribution in [0, 0.1) is 0 Å². The van der Waals surface area contributed by atoms with Gasteiger partial charge in [0.2, 0.25) is 0 Å². The highest BCUT2D eigenvalue weighted by atomic mass is 32.2. The second kappa shape index (κ2) is 7.82. The Labute approximate surface area is 115 Å². The molecule has 0 bridgehead atoms. The molecular formula is C15H24N2S. The number of hydrogen-bond acceptors (Lipinski definition) is 3. The summed E-state index contributed by atoms with van der Waals surface area (Å²) in [5, 5.41) is 0. The molecule has 1 aromatic carbocycles. The van der Waals surface area contributed by atoms with Gasteiger partial charge in [-0.15, -0.1) is 11.8 Å². The number of nitrogens with zero attached hydrogens (tertiary/aromatic N) is 1. The van der Waals surface area contributed by atoms with Crippen molar-refractivity contribution in [1.82, 2.24) is 4.90 Å². The van der Waals surface area contributed by atoms with Crippen LogP contribution in [0.15, 0.2) is 35.2 Å². The van der Waals surface area contributed by atoms with E-state index in [1.807, 2.05) is 11.8 Å². The molecule has 18 heavy (non-hydrogen) atoms. The number of benzene rings is 1. The van der Waals surface area contributed by atoms with Crippen LogP contribution in [0.5, 0.6) is 0 Å². The third kappa shape index (κ3) is 4.30. The second-order valence-corrected chi connectivity index (χ2v) is 6.09. The fourth-order valence-corrected chi connectivity index (χ4v) is 3.62. The van der Waals surface area contributed by atoms with Gasteiger partial charge < -0.3 is 5.73 Å². The molecule has 1 aliphatic rings. The number of rotatable bonds is 7. The van der Waals surface area contributed by atoms with E-state index in [0.717, 1.165) is 19.1 Å². The molecular weight excluding hydrogens is 240 g/mol. The highest BCUT2D eigenvalue weighted by molar-refractivity contribution is 7.99. The van der Waals surface area contributed by atoms with Gasteiger partial charge in [-0.05, 0) is 25.0 Å². The molecule has 2 N–H and O–H groups in total. The molecule has 0 atom stereocenters. The number of nitrogens with two attached hydrogens (primary N) is 1. The molecule has 0 radical (unpaired) electrons. The second-order valence-electron chi connectivity index (χ2n) is 4.92. The van der Waals surface area contributed by atoms with Crippen LogP contribution in [0.4, 0.5) is 0 Å². The summed E-state index contributed by atoms with van der Waals surface area (Å²) in [6.45, 7) is 3.01. The summed E-state index contributed by atoms with van der Waals surface area (Å²) in [4.78, 5) is 3.97. The van der Waals surface area contributed by atoms with Gasteiger partial charge in [-0.2, -0.15) is 0 Å². The Balaban J connectivity index is 1.75. The van der Waals surface area contributed by atoms with Crippen molar-refractivity contribution in [1.29, 1.82) is 0 Å². The van der Waals surface area contributed by atoms with E-state index < -0.39 is 0 Å². The average Bonchev–Trinajstić information content (AvgIpc) is 2.93. The Morgan fingerprint density at radius 2 is 1.83 bits per heavy atom. The molecule has 0 unspecified atom stereocenters. The zero-order valence-corrected chi connectivity index (χ0v) is 11.9. The summed E-state index contributed by atoms with van der Waals surface area (Å²) >= 11 is 1.95. The maximum atomic E-state index is 5.73. The minimum absolute atomic E-state index is 0.784. The molecule has 3 heteroatoms. The monoisotopic (exact) mass is 264 g/mol. The zero-order valence-electron chi connectivity index (χ0n) is 11.1. The quantitative estimate of drug-likeness (QED) is 0.768. The zero-order chi connectivity index (χ0) is 12.6. The van der Waals surface area contributed by atoms with E-state index >= 15 is 0 Å². The standard InChI is InChI=1S/C15H24N2S/c16-10-11-17(14-6-4-5-7-14)12-13-18-15-8-2-1-3-9-15/h1-3,8-9,14H,4-7,10-13,16H2. The first-order valence-electron chi connectivity index (χ1n) is 7.02. The van der Waals surface area contributed by atoms with Crippen LogP contribution in [0.1, 0.15) is 25.7 Å². The van der Waals surface area contributed by atoms with Crippen molar-refractivity contribution in [2.24, 2.45) is 5.73 Å². The highest BCUT2D eigenvalue weighted by Crippen LogP contribution is 2.24. The van der Waals surface area contributed by atoms with Crippen molar-refractivity contribution in [2.45, 2.75) is 36.6 Å². The van der Waals surface area contributed by atoms with Gasteiger partial charge >= 0.3 is 0 Å². The Bertz CT molecular complexity index is 323. The minimum atomic E-state index is 0.784. The van der Waals surface area contributed by atoms with Gasteiger partial charge in [-0.3, -0.25) is 4.90 Å². The largest absolute Gasteiger partial charge is 0.329 e. The third-order valence-corrected chi connectivity index (χ3v) is 4.64. The Hall–Kier alpha value is -0.510. The molecule has 1 aromatic rings. The third-order valence-electron chi connectivity index (χ3n) is 3.65. The lowest BCUT2D eigenvalue weighted by atomic mass is 10.2. The van der Waals surface area contributed by atoms with E-state index in [2.05, 4.69) is 35.2 Å². The van der Waals surface area contributed by atoms with Gasteiger partial charge in [-0.25, -0.2) is 0 Å². The first kappa shape index (κ1) is 13.9. The van der Waals surface area contributed by atoms with E-state index in [9.17, 15) is 0 Å². The van der Waals surface area contributed by atoms with E-state index in [4.69, 9.17) is 5.73 Å². The van der Waals surface area contributed by atoms with Crippen LogP contribution >= 0.6 is 11.8 Å². The molecule has 0 spiro atoms. The summed E-state index contributed by atoms with van der Waals surface area (Å²) in [5.41, 5.74) is 5.73. The first-order chi connectivity index (χ1) is 8.90. The van der Waals surface area contributed by atoms with Crippen LogP contribution in [-0.4, -0.2) is 36.3 Å². The lowest BCUT2D eigenvalue weighted by Gasteiger charge is -2.28. The van der Waals surface area contributed by atoms with Gasteiger partial charge in [0.1, 0.15) is 0 Å². The summed E-state index contributed by atoms with van der Waals surface area (Å²) in [6.07, 6.45) is 5.54. The molecule has 0 saturated heterocycles. The molecule has 2 nitrogen and oxygen atoms in total. The molecule has 0 aromatic heterocycles. The van der Waals surface area contributed by atoms with Gasteiger partial charge in [0, 0.05) is 36.3 Å². The van der Waals surface area contributed by atoms with Crippen LogP contribution in [-0.2, 0) is 0 Å². The fourth-order valence-electron chi connectivity index (χ4n) is 2.71. The Morgan fingerprint density at radius 3 is 2.50 bits per heavy atom. The van der Waals surface area contributed by atoms with Crippen molar-refractivity contribution in [3.05, 3.63) is 30.3 Å². The summed E-state index contributed by atoms with van der Waals surface area (Å²) in [7, 11) is 0. The maximum Gasteiger partial charge on any atom is 0.0108 e. The van der Waals surface area contributed by atoms with E-state index in [-0.39, 0.29) is 0 Å². The number of thioether (sulfide) groups is 1. The van der Waals surface area contributed by atoms with Gasteiger partial charge in [0.25, 0.3) is 0 Å². The molecule has 0 heterocycles. The van der Waals surface area contributed by atoms with Crippen LogP contribution in [0.3, 0.4) is 0 Å². The molecule has 0 amide bonds. The number of hydrogen-bond donors (Lipinski definition) is 1. The topological polar surface area (TPSA) is 29.3 Å². The predicted octanol–water partition coefficient (Wildman–Crippen LogP) is 2.98. The van der Waals surface area contributed by atoms with Crippen molar-refractivity contribution in [3.63, 3.8) is 0 Å². The molecule has 1 fully saturated rings. The van der Waals surface area contributed by atoms with Crippen molar-refractivity contribution in [3.8, 4) is 0 Å². The van der Waals surface area contributed by atoms with Crippen LogP contribution in [0.2, 0.25) is 0 Å². The molecule has 1 saturated carbocycles. The van der Waals surface area contributed by atoms with Crippen molar-refractivity contribution < 1.29 is 0 Å². The Morgan fingerprint density at radius 1 is 1.11 bits per heavy atom. The normalized spacial score (nSPS) is 16.6. The minimum Gasteiger partial charge on any atom is -0.329 e. The molecule has 100 valence electrons. The first-order valence-corrected chi connectivity index (χ1v) is 8.00. The van der Waals surface area contributed by atoms with Crippen molar-refractivity contribution in [2.75, 3.05) is 25.4 Å². The summed E-state index contributed by atoms with van der Waals surface area (Å²) in [6, 6.07) is 11.5. The summed E-state index contributed by atoms with van der Waals surface area (Å²) < 4.78 is 0. The smallest absolute Gasteiger partial charge is 0.0108 e. The average molecular weight is 264 g/mol.